The Morgan fingerprint density at radius 3 is 2.76 bits per heavy atom. The van der Waals surface area contributed by atoms with E-state index in [0.717, 1.165) is 19.3 Å². The Morgan fingerprint density at radius 2 is 2.00 bits per heavy atom. The summed E-state index contributed by atoms with van der Waals surface area (Å²) in [5.41, 5.74) is 1.13. The molecule has 2 saturated carbocycles. The maximum absolute atomic E-state index is 13.7. The van der Waals surface area contributed by atoms with E-state index in [2.05, 4.69) is 0 Å². The summed E-state index contributed by atoms with van der Waals surface area (Å²) >= 11 is 0. The Balaban J connectivity index is 1.43. The van der Waals surface area contributed by atoms with Crippen LogP contribution in [0.3, 0.4) is 0 Å². The number of Topliss-reactive ketones (excluding diaryl/α,β-unsaturated/α-hetero) is 1. The Kier molecular flexibility index (Phi) is 4.46. The van der Waals surface area contributed by atoms with E-state index in [0.29, 0.717) is 35.5 Å². The standard InChI is InChI=1S/C19H21FO5/c20-16-6-14-8-23-10-25-18(14)15(7-16)9-24-19(22)13-4-11-2-1-3-12(5-13)17(11)21/h6-7,11-13H,1-5,8-10H2/t11-,12+,13?. The molecule has 25 heavy (non-hydrogen) atoms. The summed E-state index contributed by atoms with van der Waals surface area (Å²) in [6.07, 6.45) is 3.99. The molecule has 1 heterocycles. The number of benzene rings is 1. The molecule has 0 saturated heterocycles. The Hall–Kier alpha value is -1.95. The Morgan fingerprint density at radius 1 is 1.24 bits per heavy atom. The van der Waals surface area contributed by atoms with Crippen LogP contribution in [0.4, 0.5) is 4.39 Å². The molecule has 1 aliphatic heterocycles. The predicted octanol–water partition coefficient (Wildman–Crippen LogP) is 3.13. The van der Waals surface area contributed by atoms with E-state index < -0.39 is 5.82 Å². The van der Waals surface area contributed by atoms with Crippen LogP contribution in [0, 0.1) is 23.6 Å². The van der Waals surface area contributed by atoms with Crippen molar-refractivity contribution in [2.45, 2.75) is 45.3 Å². The van der Waals surface area contributed by atoms with Crippen molar-refractivity contribution in [3.63, 3.8) is 0 Å². The molecule has 0 radical (unpaired) electrons. The van der Waals surface area contributed by atoms with Crippen LogP contribution in [0.5, 0.6) is 5.75 Å². The van der Waals surface area contributed by atoms with E-state index in [9.17, 15) is 14.0 Å². The van der Waals surface area contributed by atoms with Gasteiger partial charge in [-0.15, -0.1) is 0 Å². The normalized spacial score (nSPS) is 28.0. The van der Waals surface area contributed by atoms with Crippen molar-refractivity contribution in [2.24, 2.45) is 17.8 Å². The second-order valence-corrected chi connectivity index (χ2v) is 7.17. The summed E-state index contributed by atoms with van der Waals surface area (Å²) in [5, 5.41) is 0. The fraction of sp³-hybridized carbons (Fsp3) is 0.579. The summed E-state index contributed by atoms with van der Waals surface area (Å²) < 4.78 is 29.8. The van der Waals surface area contributed by atoms with Crippen LogP contribution in [-0.4, -0.2) is 18.5 Å². The van der Waals surface area contributed by atoms with Gasteiger partial charge in [-0.3, -0.25) is 9.59 Å². The SMILES string of the molecule is O=C(OCc1cc(F)cc2c1OCOC2)C1C[C@H]2CCC[C@@H](C1)C2=O. The highest BCUT2D eigenvalue weighted by molar-refractivity contribution is 5.87. The molecule has 3 atom stereocenters. The van der Waals surface area contributed by atoms with Crippen molar-refractivity contribution >= 4 is 11.8 Å². The molecule has 1 unspecified atom stereocenters. The van der Waals surface area contributed by atoms with Crippen LogP contribution in [0.2, 0.25) is 0 Å². The minimum Gasteiger partial charge on any atom is -0.467 e. The van der Waals surface area contributed by atoms with Gasteiger partial charge in [-0.1, -0.05) is 6.42 Å². The number of ketones is 1. The van der Waals surface area contributed by atoms with Gasteiger partial charge in [0.2, 0.25) is 0 Å². The molecule has 0 N–H and O–H groups in total. The zero-order valence-corrected chi connectivity index (χ0v) is 14.0. The molecule has 2 bridgehead atoms. The first-order valence-corrected chi connectivity index (χ1v) is 8.84. The first-order valence-electron chi connectivity index (χ1n) is 8.84. The van der Waals surface area contributed by atoms with Gasteiger partial charge < -0.3 is 14.2 Å². The average molecular weight is 348 g/mol. The van der Waals surface area contributed by atoms with Crippen LogP contribution in [-0.2, 0) is 32.3 Å². The van der Waals surface area contributed by atoms with Crippen molar-refractivity contribution in [3.8, 4) is 5.75 Å². The van der Waals surface area contributed by atoms with E-state index in [1.54, 1.807) is 0 Å². The van der Waals surface area contributed by atoms with Crippen LogP contribution in [0.1, 0.15) is 43.2 Å². The number of carbonyl (C=O) groups excluding carboxylic acids is 2. The second kappa shape index (κ2) is 6.75. The average Bonchev–Trinajstić information content (AvgIpc) is 2.59. The third-order valence-electron chi connectivity index (χ3n) is 5.50. The predicted molar refractivity (Wildman–Crippen MR) is 85.0 cm³/mol. The molecule has 0 aromatic heterocycles. The zero-order valence-electron chi connectivity index (χ0n) is 14.0. The van der Waals surface area contributed by atoms with E-state index >= 15 is 0 Å². The van der Waals surface area contributed by atoms with E-state index in [4.69, 9.17) is 14.2 Å². The molecule has 2 aliphatic carbocycles. The fourth-order valence-electron chi connectivity index (χ4n) is 4.30. The number of esters is 1. The van der Waals surface area contributed by atoms with Crippen molar-refractivity contribution < 1.29 is 28.2 Å². The van der Waals surface area contributed by atoms with Gasteiger partial charge in [0.1, 0.15) is 24.0 Å². The first kappa shape index (κ1) is 16.5. The van der Waals surface area contributed by atoms with Crippen LogP contribution < -0.4 is 4.74 Å². The molecule has 1 aromatic rings. The number of halogens is 1. The van der Waals surface area contributed by atoms with Crippen LogP contribution >= 0.6 is 0 Å². The molecule has 4 rings (SSSR count). The summed E-state index contributed by atoms with van der Waals surface area (Å²) in [5.74, 6) is -0.0632. The van der Waals surface area contributed by atoms with Crippen LogP contribution in [0.25, 0.3) is 0 Å². The van der Waals surface area contributed by atoms with Gasteiger partial charge in [-0.2, -0.15) is 0 Å². The Bertz CT molecular complexity index is 685. The molecular weight excluding hydrogens is 327 g/mol. The lowest BCUT2D eigenvalue weighted by Crippen LogP contribution is -2.39. The van der Waals surface area contributed by atoms with E-state index in [1.165, 1.54) is 12.1 Å². The van der Waals surface area contributed by atoms with E-state index in [1.807, 2.05) is 0 Å². The highest BCUT2D eigenvalue weighted by atomic mass is 19.1. The number of hydrogen-bond acceptors (Lipinski definition) is 5. The monoisotopic (exact) mass is 348 g/mol. The second-order valence-electron chi connectivity index (χ2n) is 7.17. The molecule has 3 aliphatic rings. The number of rotatable bonds is 3. The van der Waals surface area contributed by atoms with Gasteiger partial charge >= 0.3 is 5.97 Å². The molecule has 2 fully saturated rings. The summed E-state index contributed by atoms with van der Waals surface area (Å²) in [4.78, 5) is 24.6. The Labute approximate surface area is 145 Å². The maximum atomic E-state index is 13.7. The number of fused-ring (bicyclic) bond motifs is 3. The van der Waals surface area contributed by atoms with Crippen molar-refractivity contribution in [1.82, 2.24) is 0 Å². The van der Waals surface area contributed by atoms with Crippen molar-refractivity contribution in [3.05, 3.63) is 29.1 Å². The number of hydrogen-bond donors (Lipinski definition) is 0. The lowest BCUT2D eigenvalue weighted by atomic mass is 9.67. The van der Waals surface area contributed by atoms with Gasteiger partial charge in [0, 0.05) is 23.0 Å². The fourth-order valence-corrected chi connectivity index (χ4v) is 4.30. The first-order chi connectivity index (χ1) is 12.1. The molecule has 5 nitrogen and oxygen atoms in total. The number of ether oxygens (including phenoxy) is 3. The zero-order chi connectivity index (χ0) is 17.4. The largest absolute Gasteiger partial charge is 0.467 e. The molecule has 0 spiro atoms. The van der Waals surface area contributed by atoms with Gasteiger partial charge in [-0.25, -0.2) is 4.39 Å². The topological polar surface area (TPSA) is 61.8 Å². The maximum Gasteiger partial charge on any atom is 0.309 e. The quantitative estimate of drug-likeness (QED) is 0.786. The minimum atomic E-state index is -0.406. The summed E-state index contributed by atoms with van der Waals surface area (Å²) in [6.45, 7) is 0.356. The third kappa shape index (κ3) is 3.27. The molecule has 1 aromatic carbocycles. The number of carbonyl (C=O) groups is 2. The summed E-state index contributed by atoms with van der Waals surface area (Å²) in [6, 6.07) is 2.70. The summed E-state index contributed by atoms with van der Waals surface area (Å²) in [7, 11) is 0. The van der Waals surface area contributed by atoms with E-state index in [-0.39, 0.29) is 43.7 Å². The molecule has 6 heteroatoms. The molecule has 134 valence electrons. The van der Waals surface area contributed by atoms with Crippen LogP contribution in [0.15, 0.2) is 12.1 Å². The van der Waals surface area contributed by atoms with Gasteiger partial charge in [-0.05, 0) is 37.8 Å². The van der Waals surface area contributed by atoms with Gasteiger partial charge in [0.15, 0.2) is 6.79 Å². The lowest BCUT2D eigenvalue weighted by molar-refractivity contribution is -0.154. The minimum absolute atomic E-state index is 0.00691. The van der Waals surface area contributed by atoms with Gasteiger partial charge in [0.25, 0.3) is 0 Å². The highest BCUT2D eigenvalue weighted by Gasteiger charge is 2.41. The van der Waals surface area contributed by atoms with Crippen molar-refractivity contribution in [1.29, 1.82) is 0 Å². The molecule has 0 amide bonds. The lowest BCUT2D eigenvalue weighted by Gasteiger charge is -2.36. The molecular formula is C19H21FO5. The van der Waals surface area contributed by atoms with Gasteiger partial charge in [0.05, 0.1) is 12.5 Å². The van der Waals surface area contributed by atoms with Crippen molar-refractivity contribution in [2.75, 3.05) is 6.79 Å². The smallest absolute Gasteiger partial charge is 0.309 e. The third-order valence-corrected chi connectivity index (χ3v) is 5.50. The highest BCUT2D eigenvalue weighted by Crippen LogP contribution is 2.40.